The molecule has 12 heavy (non-hydrogen) atoms. The van der Waals surface area contributed by atoms with Crippen LogP contribution in [0.1, 0.15) is 0 Å². The molecule has 0 nitrogen and oxygen atoms in total. The zero-order chi connectivity index (χ0) is 7.07. The van der Waals surface area contributed by atoms with Crippen LogP contribution in [0, 0.1) is 0 Å². The van der Waals surface area contributed by atoms with Crippen LogP contribution >= 0.6 is 0 Å². The van der Waals surface area contributed by atoms with E-state index in [2.05, 4.69) is 0 Å². The minimum absolute atomic E-state index is 0. The Morgan fingerprint density at radius 1 is 0.583 bits per heavy atom. The first-order chi connectivity index (χ1) is 5.00. The van der Waals surface area contributed by atoms with Crippen LogP contribution in [0.15, 0.2) is 60.7 Å². The van der Waals surface area contributed by atoms with Crippen LogP contribution in [0.4, 0.5) is 0 Å². The van der Waals surface area contributed by atoms with Gasteiger partial charge in [0.25, 0.3) is 0 Å². The summed E-state index contributed by atoms with van der Waals surface area (Å²) in [7, 11) is 0. The van der Waals surface area contributed by atoms with E-state index in [1.54, 1.807) is 0 Å². The number of hydrogen-bond donors (Lipinski definition) is 0. The van der Waals surface area contributed by atoms with Crippen LogP contribution in [0.25, 0.3) is 0 Å². The molecule has 0 aromatic heterocycles. The maximum absolute atomic E-state index is 2.00. The van der Waals surface area contributed by atoms with Gasteiger partial charge >= 0.3 is 26.2 Å². The Labute approximate surface area is 103 Å². The van der Waals surface area contributed by atoms with Gasteiger partial charge in [-0.05, 0) is 0 Å². The van der Waals surface area contributed by atoms with Crippen molar-refractivity contribution in [2.45, 2.75) is 0 Å². The van der Waals surface area contributed by atoms with Crippen molar-refractivity contribution in [2.24, 2.45) is 0 Å². The van der Waals surface area contributed by atoms with Crippen molar-refractivity contribution in [2.75, 3.05) is 0 Å². The summed E-state index contributed by atoms with van der Waals surface area (Å²) in [6, 6.07) is 20.0. The fourth-order valence-corrected chi connectivity index (χ4v) is 0.642. The van der Waals surface area contributed by atoms with Crippen molar-refractivity contribution in [1.82, 2.24) is 0 Å². The summed E-state index contributed by atoms with van der Waals surface area (Å²) in [5, 5.41) is 0. The summed E-state index contributed by atoms with van der Waals surface area (Å²) in [6.07, 6.45) is 0. The second kappa shape index (κ2) is 11.1. The van der Waals surface area contributed by atoms with Gasteiger partial charge in [-0.2, -0.15) is 36.4 Å². The van der Waals surface area contributed by atoms with E-state index in [4.69, 9.17) is 0 Å². The molecule has 0 spiro atoms. The van der Waals surface area contributed by atoms with E-state index in [9.17, 15) is 0 Å². The molecule has 2 rings (SSSR count). The number of halogens is 1. The van der Waals surface area contributed by atoms with Gasteiger partial charge in [0.15, 0.2) is 0 Å². The number of hydrogen-bond acceptors (Lipinski definition) is 0. The Morgan fingerprint density at radius 3 is 0.917 bits per heavy atom. The van der Waals surface area contributed by atoms with Gasteiger partial charge in [0, 0.05) is 0 Å². The Balaban J connectivity index is 0. The summed E-state index contributed by atoms with van der Waals surface area (Å²) in [5.41, 5.74) is 0. The molecule has 0 unspecified atom stereocenters. The Kier molecular flexibility index (Phi) is 13.4. The zero-order valence-corrected chi connectivity index (χ0v) is 10.7. The van der Waals surface area contributed by atoms with E-state index in [0.29, 0.717) is 0 Å². The molecular formula is C10H10BrZr. The number of rotatable bonds is 0. The molecule has 0 atom stereocenters. The predicted octanol–water partition coefficient (Wildman–Crippen LogP) is -0.187. The van der Waals surface area contributed by atoms with Gasteiger partial charge in [0.1, 0.15) is 0 Å². The van der Waals surface area contributed by atoms with E-state index in [1.807, 2.05) is 60.7 Å². The van der Waals surface area contributed by atoms with E-state index < -0.39 is 0 Å². The van der Waals surface area contributed by atoms with Crippen molar-refractivity contribution in [3.63, 3.8) is 0 Å². The molecule has 0 N–H and O–H groups in total. The zero-order valence-electron chi connectivity index (χ0n) is 6.65. The first-order valence-corrected chi connectivity index (χ1v) is 3.33. The minimum atomic E-state index is 0. The third-order valence-corrected chi connectivity index (χ3v) is 1.11. The molecule has 0 aliphatic rings. The van der Waals surface area contributed by atoms with Crippen molar-refractivity contribution >= 4 is 0 Å². The first kappa shape index (κ1) is 14.6. The van der Waals surface area contributed by atoms with Gasteiger partial charge in [-0.25, -0.2) is 24.3 Å². The van der Waals surface area contributed by atoms with E-state index in [-0.39, 0.29) is 43.2 Å². The molecule has 0 saturated heterocycles. The standard InChI is InChI=1S/2C5H5.BrH.Zr/c2*1-2-4-5-3-1;;/h2*1-5H;1H;/q2*-1;;+3/p-1. The average molecular weight is 301 g/mol. The normalized spacial score (nSPS) is 6.67. The summed E-state index contributed by atoms with van der Waals surface area (Å²) in [6.45, 7) is 0. The SMILES string of the molecule is [Br-].[Zr+3].c1cc[cH-]c1.c1cc[cH-]c1. The van der Waals surface area contributed by atoms with Crippen LogP contribution < -0.4 is 17.0 Å². The molecule has 0 saturated carbocycles. The minimum Gasteiger partial charge on any atom is -1.00 e. The molecule has 2 aromatic carbocycles. The second-order valence-electron chi connectivity index (χ2n) is 1.92. The van der Waals surface area contributed by atoms with Crippen LogP contribution in [-0.4, -0.2) is 0 Å². The smallest absolute Gasteiger partial charge is 1.00 e. The third-order valence-electron chi connectivity index (χ3n) is 1.11. The maximum Gasteiger partial charge on any atom is 3.00 e. The summed E-state index contributed by atoms with van der Waals surface area (Å²) in [5.74, 6) is 0. The molecule has 2 aromatic rings. The van der Waals surface area contributed by atoms with Gasteiger partial charge < -0.3 is 17.0 Å². The van der Waals surface area contributed by atoms with Crippen molar-refractivity contribution in [1.29, 1.82) is 0 Å². The van der Waals surface area contributed by atoms with E-state index in [1.165, 1.54) is 0 Å². The van der Waals surface area contributed by atoms with Crippen LogP contribution in [0.5, 0.6) is 0 Å². The fraction of sp³-hybridized carbons (Fsp3) is 0. The quantitative estimate of drug-likeness (QED) is 0.592. The average Bonchev–Trinajstić information content (AvgIpc) is 2.67. The Hall–Kier alpha value is 0.0631. The summed E-state index contributed by atoms with van der Waals surface area (Å²) >= 11 is 0. The van der Waals surface area contributed by atoms with Crippen molar-refractivity contribution < 1.29 is 43.2 Å². The van der Waals surface area contributed by atoms with Gasteiger partial charge in [-0.15, -0.1) is 0 Å². The fourth-order valence-electron chi connectivity index (χ4n) is 0.642. The Morgan fingerprint density at radius 2 is 0.833 bits per heavy atom. The second-order valence-corrected chi connectivity index (χ2v) is 1.92. The molecule has 2 heteroatoms. The van der Waals surface area contributed by atoms with E-state index in [0.717, 1.165) is 0 Å². The largest absolute Gasteiger partial charge is 3.00 e. The third kappa shape index (κ3) is 8.16. The molecule has 0 amide bonds. The van der Waals surface area contributed by atoms with Crippen molar-refractivity contribution in [3.05, 3.63) is 60.7 Å². The molecule has 1 radical (unpaired) electrons. The predicted molar refractivity (Wildman–Crippen MR) is 44.1 cm³/mol. The van der Waals surface area contributed by atoms with Gasteiger partial charge in [0.2, 0.25) is 0 Å². The molecule has 0 aliphatic heterocycles. The van der Waals surface area contributed by atoms with Gasteiger partial charge in [0.05, 0.1) is 0 Å². The van der Waals surface area contributed by atoms with Crippen molar-refractivity contribution in [3.8, 4) is 0 Å². The van der Waals surface area contributed by atoms with Gasteiger partial charge in [-0.1, -0.05) is 0 Å². The van der Waals surface area contributed by atoms with Crippen LogP contribution in [-0.2, 0) is 26.2 Å². The van der Waals surface area contributed by atoms with Crippen LogP contribution in [0.3, 0.4) is 0 Å². The molecule has 0 fully saturated rings. The van der Waals surface area contributed by atoms with E-state index >= 15 is 0 Å². The molecule has 61 valence electrons. The Bertz CT molecular complexity index is 149. The topological polar surface area (TPSA) is 0 Å². The van der Waals surface area contributed by atoms with Crippen LogP contribution in [0.2, 0.25) is 0 Å². The summed E-state index contributed by atoms with van der Waals surface area (Å²) < 4.78 is 0. The molecule has 0 aliphatic carbocycles. The maximum atomic E-state index is 2.00. The molecule has 0 bridgehead atoms. The first-order valence-electron chi connectivity index (χ1n) is 3.33. The monoisotopic (exact) mass is 299 g/mol. The molecule has 0 heterocycles. The summed E-state index contributed by atoms with van der Waals surface area (Å²) in [4.78, 5) is 0. The molecular weight excluding hydrogens is 291 g/mol. The van der Waals surface area contributed by atoms with Gasteiger partial charge in [-0.3, -0.25) is 0 Å².